The van der Waals surface area contributed by atoms with Crippen molar-refractivity contribution in [2.24, 2.45) is 5.92 Å². The molecule has 1 fully saturated rings. The molecule has 1 N–H and O–H groups in total. The summed E-state index contributed by atoms with van der Waals surface area (Å²) in [5.41, 5.74) is 1.64. The van der Waals surface area contributed by atoms with Gasteiger partial charge in [-0.15, -0.1) is 0 Å². The van der Waals surface area contributed by atoms with Crippen LogP contribution in [0.4, 0.5) is 0 Å². The van der Waals surface area contributed by atoms with Gasteiger partial charge in [-0.05, 0) is 36.2 Å². The second kappa shape index (κ2) is 6.92. The van der Waals surface area contributed by atoms with Crippen molar-refractivity contribution in [2.75, 3.05) is 0 Å². The van der Waals surface area contributed by atoms with Crippen LogP contribution in [0.3, 0.4) is 0 Å². The number of rotatable bonds is 6. The zero-order chi connectivity index (χ0) is 14.4. The van der Waals surface area contributed by atoms with E-state index in [9.17, 15) is 4.79 Å². The van der Waals surface area contributed by atoms with Gasteiger partial charge in [0.05, 0.1) is 0 Å². The lowest BCUT2D eigenvalue weighted by atomic mass is 9.60. The van der Waals surface area contributed by atoms with Crippen molar-refractivity contribution < 1.29 is 9.90 Å². The molecule has 0 aromatic heterocycles. The topological polar surface area (TPSA) is 37.3 Å². The molecule has 1 saturated carbocycles. The van der Waals surface area contributed by atoms with Crippen LogP contribution in [0.1, 0.15) is 63.9 Å². The fourth-order valence-electron chi connectivity index (χ4n) is 4.05. The van der Waals surface area contributed by atoms with Crippen LogP contribution in [-0.4, -0.2) is 11.1 Å². The van der Waals surface area contributed by atoms with E-state index in [1.165, 1.54) is 37.7 Å². The van der Waals surface area contributed by atoms with E-state index in [4.69, 9.17) is 5.11 Å². The van der Waals surface area contributed by atoms with Crippen LogP contribution < -0.4 is 0 Å². The standard InChI is InChI=1S/C18H26O2/c1-2-15(11-12-17(19)20)18(13-7-4-8-14-18)16-9-5-3-6-10-16/h3,5-6,9-10,15H,2,4,7-8,11-14H2,1H3,(H,19,20). The van der Waals surface area contributed by atoms with E-state index in [0.29, 0.717) is 12.3 Å². The van der Waals surface area contributed by atoms with E-state index in [1.807, 2.05) is 0 Å². The highest BCUT2D eigenvalue weighted by atomic mass is 16.4. The maximum atomic E-state index is 10.9. The largest absolute Gasteiger partial charge is 0.481 e. The molecule has 110 valence electrons. The number of carboxylic acid groups (broad SMARTS) is 1. The van der Waals surface area contributed by atoms with Crippen LogP contribution >= 0.6 is 0 Å². The average Bonchev–Trinajstić information content (AvgIpc) is 2.49. The fraction of sp³-hybridized carbons (Fsp3) is 0.611. The van der Waals surface area contributed by atoms with Crippen LogP contribution in [0.2, 0.25) is 0 Å². The minimum atomic E-state index is -0.664. The molecule has 2 rings (SSSR count). The van der Waals surface area contributed by atoms with Crippen LogP contribution in [0.15, 0.2) is 30.3 Å². The average molecular weight is 274 g/mol. The zero-order valence-corrected chi connectivity index (χ0v) is 12.5. The lowest BCUT2D eigenvalue weighted by Crippen LogP contribution is -2.37. The van der Waals surface area contributed by atoms with Crippen LogP contribution in [-0.2, 0) is 10.2 Å². The highest BCUT2D eigenvalue weighted by molar-refractivity contribution is 5.66. The summed E-state index contributed by atoms with van der Waals surface area (Å²) in [5, 5.41) is 9.01. The van der Waals surface area contributed by atoms with Crippen molar-refractivity contribution >= 4 is 5.97 Å². The maximum absolute atomic E-state index is 10.9. The molecule has 1 aliphatic rings. The lowest BCUT2D eigenvalue weighted by Gasteiger charge is -2.44. The second-order valence-corrected chi connectivity index (χ2v) is 6.12. The molecule has 2 nitrogen and oxygen atoms in total. The molecule has 0 aliphatic heterocycles. The number of carbonyl (C=O) groups is 1. The van der Waals surface area contributed by atoms with Crippen molar-refractivity contribution in [3.05, 3.63) is 35.9 Å². The van der Waals surface area contributed by atoms with E-state index in [-0.39, 0.29) is 5.41 Å². The van der Waals surface area contributed by atoms with Gasteiger partial charge in [-0.2, -0.15) is 0 Å². The third-order valence-electron chi connectivity index (χ3n) is 5.08. The van der Waals surface area contributed by atoms with E-state index < -0.39 is 5.97 Å². The third kappa shape index (κ3) is 3.23. The first kappa shape index (κ1) is 15.1. The van der Waals surface area contributed by atoms with Gasteiger partial charge in [-0.25, -0.2) is 0 Å². The molecule has 20 heavy (non-hydrogen) atoms. The number of hydrogen-bond donors (Lipinski definition) is 1. The first-order chi connectivity index (χ1) is 9.69. The Morgan fingerprint density at radius 3 is 2.40 bits per heavy atom. The normalized spacial score (nSPS) is 19.4. The first-order valence-electron chi connectivity index (χ1n) is 7.96. The van der Waals surface area contributed by atoms with Crippen molar-refractivity contribution in [1.82, 2.24) is 0 Å². The van der Waals surface area contributed by atoms with Crippen molar-refractivity contribution in [3.63, 3.8) is 0 Å². The lowest BCUT2D eigenvalue weighted by molar-refractivity contribution is -0.137. The molecule has 0 heterocycles. The molecule has 1 aromatic carbocycles. The van der Waals surface area contributed by atoms with Crippen LogP contribution in [0, 0.1) is 5.92 Å². The van der Waals surface area contributed by atoms with E-state index in [2.05, 4.69) is 37.3 Å². The summed E-state index contributed by atoms with van der Waals surface area (Å²) in [7, 11) is 0. The molecule has 1 aliphatic carbocycles. The molecule has 2 heteroatoms. The quantitative estimate of drug-likeness (QED) is 0.810. The predicted octanol–water partition coefficient (Wildman–Crippen LogP) is 4.78. The molecule has 0 spiro atoms. The van der Waals surface area contributed by atoms with E-state index in [0.717, 1.165) is 12.8 Å². The number of aliphatic carboxylic acids is 1. The number of benzene rings is 1. The zero-order valence-electron chi connectivity index (χ0n) is 12.5. The molecule has 0 bridgehead atoms. The monoisotopic (exact) mass is 274 g/mol. The summed E-state index contributed by atoms with van der Waals surface area (Å²) < 4.78 is 0. The van der Waals surface area contributed by atoms with Crippen molar-refractivity contribution in [2.45, 2.75) is 63.7 Å². The third-order valence-corrected chi connectivity index (χ3v) is 5.08. The van der Waals surface area contributed by atoms with Crippen LogP contribution in [0.25, 0.3) is 0 Å². The Morgan fingerprint density at radius 2 is 1.85 bits per heavy atom. The Kier molecular flexibility index (Phi) is 5.22. The number of hydrogen-bond acceptors (Lipinski definition) is 1. The predicted molar refractivity (Wildman–Crippen MR) is 81.9 cm³/mol. The molecular weight excluding hydrogens is 248 g/mol. The molecule has 0 radical (unpaired) electrons. The van der Waals surface area contributed by atoms with Gasteiger partial charge in [-0.1, -0.05) is 62.9 Å². The minimum absolute atomic E-state index is 0.212. The highest BCUT2D eigenvalue weighted by Crippen LogP contribution is 2.47. The summed E-state index contributed by atoms with van der Waals surface area (Å²) >= 11 is 0. The highest BCUT2D eigenvalue weighted by Gasteiger charge is 2.40. The molecule has 1 aromatic rings. The SMILES string of the molecule is CCC(CCC(=O)O)C1(c2ccccc2)CCCCC1. The Bertz CT molecular complexity index is 418. The Hall–Kier alpha value is -1.31. The van der Waals surface area contributed by atoms with E-state index >= 15 is 0 Å². The fourth-order valence-corrected chi connectivity index (χ4v) is 4.05. The van der Waals surface area contributed by atoms with Gasteiger partial charge >= 0.3 is 5.97 Å². The summed E-state index contributed by atoms with van der Waals surface area (Å²) in [6.45, 7) is 2.21. The van der Waals surface area contributed by atoms with Gasteiger partial charge in [0, 0.05) is 6.42 Å². The number of carboxylic acids is 1. The van der Waals surface area contributed by atoms with Gasteiger partial charge in [0.2, 0.25) is 0 Å². The van der Waals surface area contributed by atoms with Gasteiger partial charge < -0.3 is 5.11 Å². The molecule has 1 unspecified atom stereocenters. The Morgan fingerprint density at radius 1 is 1.20 bits per heavy atom. The van der Waals surface area contributed by atoms with Crippen molar-refractivity contribution in [1.29, 1.82) is 0 Å². The minimum Gasteiger partial charge on any atom is -0.481 e. The summed E-state index contributed by atoms with van der Waals surface area (Å²) in [6.07, 6.45) is 8.49. The summed E-state index contributed by atoms with van der Waals surface area (Å²) in [5.74, 6) is -0.177. The summed E-state index contributed by atoms with van der Waals surface area (Å²) in [4.78, 5) is 10.9. The molecular formula is C18H26O2. The smallest absolute Gasteiger partial charge is 0.303 e. The molecule has 0 amide bonds. The van der Waals surface area contributed by atoms with Gasteiger partial charge in [0.1, 0.15) is 0 Å². The maximum Gasteiger partial charge on any atom is 0.303 e. The van der Waals surface area contributed by atoms with Gasteiger partial charge in [0.15, 0.2) is 0 Å². The second-order valence-electron chi connectivity index (χ2n) is 6.12. The first-order valence-corrected chi connectivity index (χ1v) is 7.96. The van der Waals surface area contributed by atoms with Crippen LogP contribution in [0.5, 0.6) is 0 Å². The molecule has 1 atom stereocenters. The van der Waals surface area contributed by atoms with Crippen molar-refractivity contribution in [3.8, 4) is 0 Å². The Labute approximate surface area is 122 Å². The van der Waals surface area contributed by atoms with E-state index in [1.54, 1.807) is 0 Å². The Balaban J connectivity index is 2.27. The molecule has 0 saturated heterocycles. The summed E-state index contributed by atoms with van der Waals surface area (Å²) in [6, 6.07) is 10.8. The van der Waals surface area contributed by atoms with Gasteiger partial charge in [0.25, 0.3) is 0 Å². The van der Waals surface area contributed by atoms with Gasteiger partial charge in [-0.3, -0.25) is 4.79 Å².